The van der Waals surface area contributed by atoms with Crippen LogP contribution in [-0.2, 0) is 4.74 Å². The van der Waals surface area contributed by atoms with Crippen LogP contribution in [0, 0.1) is 0 Å². The summed E-state index contributed by atoms with van der Waals surface area (Å²) in [6.07, 6.45) is 1.22. The van der Waals surface area contributed by atoms with Gasteiger partial charge < -0.3 is 10.1 Å². The highest BCUT2D eigenvalue weighted by molar-refractivity contribution is 5.02. The molecular weight excluding hydrogens is 133 g/mol. The molecule has 2 rings (SSSR count). The molecule has 0 amide bonds. The lowest BCUT2D eigenvalue weighted by molar-refractivity contribution is -0.0317. The molecule has 0 bridgehead atoms. The molecule has 10 heavy (non-hydrogen) atoms. The molecule has 0 radical (unpaired) electrons. The van der Waals surface area contributed by atoms with Crippen LogP contribution in [0.3, 0.4) is 0 Å². The van der Waals surface area contributed by atoms with Crippen molar-refractivity contribution in [2.75, 3.05) is 19.7 Å². The van der Waals surface area contributed by atoms with E-state index in [1.54, 1.807) is 0 Å². The predicted octanol–water partition coefficient (Wildman–Crippen LogP) is 0.477. The zero-order valence-corrected chi connectivity index (χ0v) is 5.90. The third kappa shape index (κ3) is 1.04. The number of alkyl halides is 1. The van der Waals surface area contributed by atoms with Crippen LogP contribution >= 0.6 is 0 Å². The number of halogens is 1. The number of hydrogen-bond acceptors (Lipinski definition) is 2. The van der Waals surface area contributed by atoms with E-state index >= 15 is 0 Å². The zero-order valence-electron chi connectivity index (χ0n) is 5.90. The molecule has 0 aromatic heterocycles. The summed E-state index contributed by atoms with van der Waals surface area (Å²) in [6.45, 7) is 2.22. The SMILES string of the molecule is FC1([C@@H]2CNCCO2)CC1. The Balaban J connectivity index is 1.91. The number of rotatable bonds is 1. The van der Waals surface area contributed by atoms with E-state index in [0.29, 0.717) is 26.0 Å². The molecule has 2 nitrogen and oxygen atoms in total. The van der Waals surface area contributed by atoms with E-state index < -0.39 is 5.67 Å². The molecule has 1 N–H and O–H groups in total. The van der Waals surface area contributed by atoms with Crippen molar-refractivity contribution in [3.63, 3.8) is 0 Å². The Morgan fingerprint density at radius 2 is 2.30 bits per heavy atom. The molecule has 1 aliphatic heterocycles. The fourth-order valence-electron chi connectivity index (χ4n) is 1.34. The van der Waals surface area contributed by atoms with Crippen molar-refractivity contribution in [2.24, 2.45) is 0 Å². The quantitative estimate of drug-likeness (QED) is 0.579. The van der Waals surface area contributed by atoms with Crippen molar-refractivity contribution in [3.05, 3.63) is 0 Å². The second-order valence-electron chi connectivity index (χ2n) is 3.10. The molecule has 58 valence electrons. The number of morpholine rings is 1. The van der Waals surface area contributed by atoms with Gasteiger partial charge >= 0.3 is 0 Å². The van der Waals surface area contributed by atoms with Crippen molar-refractivity contribution in [1.29, 1.82) is 0 Å². The molecule has 2 aliphatic rings. The van der Waals surface area contributed by atoms with E-state index in [1.165, 1.54) is 0 Å². The minimum absolute atomic E-state index is 0.166. The van der Waals surface area contributed by atoms with Gasteiger partial charge in [0.25, 0.3) is 0 Å². The molecule has 1 saturated carbocycles. The van der Waals surface area contributed by atoms with Gasteiger partial charge in [-0.1, -0.05) is 0 Å². The minimum Gasteiger partial charge on any atom is -0.372 e. The largest absolute Gasteiger partial charge is 0.372 e. The summed E-state index contributed by atoms with van der Waals surface area (Å²) in [6, 6.07) is 0. The Morgan fingerprint density at radius 3 is 2.80 bits per heavy atom. The first-order chi connectivity index (χ1) is 4.81. The van der Waals surface area contributed by atoms with Crippen molar-refractivity contribution >= 4 is 0 Å². The van der Waals surface area contributed by atoms with E-state index in [1.807, 2.05) is 0 Å². The molecule has 1 saturated heterocycles. The summed E-state index contributed by atoms with van der Waals surface area (Å²) in [5.41, 5.74) is -0.965. The summed E-state index contributed by atoms with van der Waals surface area (Å²) in [5.74, 6) is 0. The second kappa shape index (κ2) is 2.17. The zero-order chi connectivity index (χ0) is 7.03. The summed E-state index contributed by atoms with van der Waals surface area (Å²) < 4.78 is 18.5. The van der Waals surface area contributed by atoms with Crippen LogP contribution in [0.4, 0.5) is 4.39 Å². The van der Waals surface area contributed by atoms with Gasteiger partial charge in [-0.15, -0.1) is 0 Å². The first kappa shape index (κ1) is 6.55. The smallest absolute Gasteiger partial charge is 0.138 e. The molecule has 1 atom stereocenters. The van der Waals surface area contributed by atoms with Crippen molar-refractivity contribution in [2.45, 2.75) is 24.6 Å². The van der Waals surface area contributed by atoms with Crippen LogP contribution in [0.25, 0.3) is 0 Å². The molecule has 1 aliphatic carbocycles. The third-order valence-electron chi connectivity index (χ3n) is 2.23. The fraction of sp³-hybridized carbons (Fsp3) is 1.00. The van der Waals surface area contributed by atoms with Gasteiger partial charge in [-0.3, -0.25) is 0 Å². The van der Waals surface area contributed by atoms with Crippen LogP contribution in [0.15, 0.2) is 0 Å². The van der Waals surface area contributed by atoms with E-state index in [-0.39, 0.29) is 6.10 Å². The van der Waals surface area contributed by atoms with Gasteiger partial charge in [-0.25, -0.2) is 4.39 Å². The topological polar surface area (TPSA) is 21.3 Å². The Kier molecular flexibility index (Phi) is 1.42. The Hall–Kier alpha value is -0.150. The molecule has 0 unspecified atom stereocenters. The normalized spacial score (nSPS) is 37.5. The van der Waals surface area contributed by atoms with Crippen molar-refractivity contribution < 1.29 is 9.13 Å². The summed E-state index contributed by atoms with van der Waals surface area (Å²) in [7, 11) is 0. The van der Waals surface area contributed by atoms with Crippen LogP contribution in [0.2, 0.25) is 0 Å². The third-order valence-corrected chi connectivity index (χ3v) is 2.23. The van der Waals surface area contributed by atoms with Gasteiger partial charge in [0.1, 0.15) is 11.8 Å². The summed E-state index contributed by atoms with van der Waals surface area (Å²) in [5, 5.41) is 3.12. The maximum atomic E-state index is 13.2. The van der Waals surface area contributed by atoms with Gasteiger partial charge in [0.05, 0.1) is 6.61 Å². The standard InChI is InChI=1S/C7H12FNO/c8-7(1-2-7)6-5-9-3-4-10-6/h6,9H,1-5H2/t6-/m0/s1. The molecule has 0 aromatic carbocycles. The second-order valence-corrected chi connectivity index (χ2v) is 3.10. The summed E-state index contributed by atoms with van der Waals surface area (Å²) >= 11 is 0. The lowest BCUT2D eigenvalue weighted by Gasteiger charge is -2.26. The molecule has 3 heteroatoms. The number of nitrogens with one attached hydrogen (secondary N) is 1. The van der Waals surface area contributed by atoms with Gasteiger partial charge in [0, 0.05) is 13.1 Å². The number of ether oxygens (including phenoxy) is 1. The maximum Gasteiger partial charge on any atom is 0.138 e. The Bertz CT molecular complexity index is 130. The van der Waals surface area contributed by atoms with E-state index in [9.17, 15) is 4.39 Å². The highest BCUT2D eigenvalue weighted by atomic mass is 19.1. The first-order valence-electron chi connectivity index (χ1n) is 3.82. The maximum absolute atomic E-state index is 13.2. The van der Waals surface area contributed by atoms with Crippen molar-refractivity contribution in [1.82, 2.24) is 5.32 Å². The Morgan fingerprint density at radius 1 is 1.50 bits per heavy atom. The van der Waals surface area contributed by atoms with Gasteiger partial charge in [0.2, 0.25) is 0 Å². The lowest BCUT2D eigenvalue weighted by atomic mass is 10.2. The average Bonchev–Trinajstić information content (AvgIpc) is 2.72. The molecule has 1 heterocycles. The van der Waals surface area contributed by atoms with Gasteiger partial charge in [0.15, 0.2) is 0 Å². The van der Waals surface area contributed by atoms with Crippen LogP contribution < -0.4 is 5.32 Å². The van der Waals surface area contributed by atoms with E-state index in [4.69, 9.17) is 4.74 Å². The average molecular weight is 145 g/mol. The highest BCUT2D eigenvalue weighted by Crippen LogP contribution is 2.44. The summed E-state index contributed by atoms with van der Waals surface area (Å²) in [4.78, 5) is 0. The van der Waals surface area contributed by atoms with Crippen LogP contribution in [0.5, 0.6) is 0 Å². The molecule has 0 aromatic rings. The lowest BCUT2D eigenvalue weighted by Crippen LogP contribution is -2.44. The van der Waals surface area contributed by atoms with Crippen molar-refractivity contribution in [3.8, 4) is 0 Å². The first-order valence-corrected chi connectivity index (χ1v) is 3.82. The fourth-order valence-corrected chi connectivity index (χ4v) is 1.34. The molecule has 0 spiro atoms. The monoisotopic (exact) mass is 145 g/mol. The van der Waals surface area contributed by atoms with Crippen LogP contribution in [0.1, 0.15) is 12.8 Å². The Labute approximate surface area is 59.7 Å². The highest BCUT2D eigenvalue weighted by Gasteiger charge is 2.51. The van der Waals surface area contributed by atoms with Gasteiger partial charge in [-0.05, 0) is 12.8 Å². The molecular formula is C7H12FNO. The van der Waals surface area contributed by atoms with Gasteiger partial charge in [-0.2, -0.15) is 0 Å². The van der Waals surface area contributed by atoms with E-state index in [0.717, 1.165) is 6.54 Å². The van der Waals surface area contributed by atoms with E-state index in [2.05, 4.69) is 5.32 Å². The molecule has 2 fully saturated rings. The number of hydrogen-bond donors (Lipinski definition) is 1. The predicted molar refractivity (Wildman–Crippen MR) is 35.7 cm³/mol. The van der Waals surface area contributed by atoms with Crippen LogP contribution in [-0.4, -0.2) is 31.5 Å². The minimum atomic E-state index is -0.965.